The molecule has 0 saturated carbocycles. The van der Waals surface area contributed by atoms with Crippen molar-refractivity contribution in [1.82, 2.24) is 0 Å². The molecule has 0 aliphatic heterocycles. The van der Waals surface area contributed by atoms with E-state index in [-0.39, 0.29) is 0 Å². The summed E-state index contributed by atoms with van der Waals surface area (Å²) < 4.78 is 5.75. The van der Waals surface area contributed by atoms with E-state index in [0.717, 1.165) is 26.1 Å². The molecule has 0 aromatic rings. The molecule has 24 heavy (non-hydrogen) atoms. The van der Waals surface area contributed by atoms with Crippen molar-refractivity contribution in [3.63, 3.8) is 0 Å². The molecule has 0 atom stereocenters. The molecule has 0 bridgehead atoms. The summed E-state index contributed by atoms with van der Waals surface area (Å²) in [5.41, 5.74) is 0. The maximum absolute atomic E-state index is 5.75. The van der Waals surface area contributed by atoms with Gasteiger partial charge in [-0.25, -0.2) is 0 Å². The van der Waals surface area contributed by atoms with Crippen LogP contribution in [-0.4, -0.2) is 13.2 Å². The normalized spacial score (nSPS) is 11.2. The van der Waals surface area contributed by atoms with E-state index in [1.54, 1.807) is 0 Å². The Balaban J connectivity index is 2.93. The molecule has 1 heteroatoms. The minimum absolute atomic E-state index is 0.980. The second-order valence-electron chi connectivity index (χ2n) is 7.33. The molecule has 0 heterocycles. The summed E-state index contributed by atoms with van der Waals surface area (Å²) in [6.07, 6.45) is 25.5. The van der Waals surface area contributed by atoms with Crippen molar-refractivity contribution in [2.45, 2.75) is 122 Å². The number of ether oxygens (including phenoxy) is 1. The lowest BCUT2D eigenvalue weighted by atomic mass is 10.1. The van der Waals surface area contributed by atoms with Crippen LogP contribution in [0.1, 0.15) is 122 Å². The smallest absolute Gasteiger partial charge is 0.0466 e. The van der Waals surface area contributed by atoms with E-state index in [9.17, 15) is 0 Å². The third-order valence-electron chi connectivity index (χ3n) is 4.83. The second-order valence-corrected chi connectivity index (χ2v) is 7.33. The molecule has 0 aromatic heterocycles. The van der Waals surface area contributed by atoms with Gasteiger partial charge in [-0.15, -0.1) is 0 Å². The van der Waals surface area contributed by atoms with Crippen molar-refractivity contribution in [3.8, 4) is 0 Å². The van der Waals surface area contributed by atoms with Crippen LogP contribution < -0.4 is 0 Å². The van der Waals surface area contributed by atoms with Crippen molar-refractivity contribution in [3.05, 3.63) is 13.8 Å². The Morgan fingerprint density at radius 3 is 0.875 bits per heavy atom. The summed E-state index contributed by atoms with van der Waals surface area (Å²) in [5, 5.41) is 0. The zero-order valence-corrected chi connectivity index (χ0v) is 16.7. The highest BCUT2D eigenvalue weighted by molar-refractivity contribution is 4.50. The van der Waals surface area contributed by atoms with Gasteiger partial charge in [-0.2, -0.15) is 0 Å². The molecule has 2 radical (unpaired) electrons. The zero-order valence-electron chi connectivity index (χ0n) is 16.7. The molecular formula is C23H46O. The molecule has 0 aromatic carbocycles. The van der Waals surface area contributed by atoms with Crippen LogP contribution in [0, 0.1) is 13.8 Å². The van der Waals surface area contributed by atoms with E-state index in [0.29, 0.717) is 0 Å². The standard InChI is InChI=1S/C23H46O/c1-3-5-7-9-11-13-15-17-19-21-23-24-22-20-18-16-14-12-10-8-6-4-2/h1-23H2. The van der Waals surface area contributed by atoms with E-state index in [1.165, 1.54) is 109 Å². The number of hydrogen-bond acceptors (Lipinski definition) is 1. The van der Waals surface area contributed by atoms with Crippen molar-refractivity contribution in [2.24, 2.45) is 0 Å². The van der Waals surface area contributed by atoms with E-state index < -0.39 is 0 Å². The van der Waals surface area contributed by atoms with E-state index in [1.807, 2.05) is 0 Å². The van der Waals surface area contributed by atoms with Crippen LogP contribution >= 0.6 is 0 Å². The van der Waals surface area contributed by atoms with Crippen LogP contribution in [-0.2, 0) is 4.74 Å². The molecule has 1 nitrogen and oxygen atoms in total. The van der Waals surface area contributed by atoms with Gasteiger partial charge in [0.05, 0.1) is 0 Å². The predicted molar refractivity (Wildman–Crippen MR) is 109 cm³/mol. The number of hydrogen-bond donors (Lipinski definition) is 0. The summed E-state index contributed by atoms with van der Waals surface area (Å²) >= 11 is 0. The Bertz CT molecular complexity index is 180. The van der Waals surface area contributed by atoms with E-state index >= 15 is 0 Å². The van der Waals surface area contributed by atoms with Crippen LogP contribution in [0.2, 0.25) is 0 Å². The van der Waals surface area contributed by atoms with Gasteiger partial charge in [0, 0.05) is 13.2 Å². The molecule has 0 unspecified atom stereocenters. The van der Waals surface area contributed by atoms with Crippen LogP contribution in [0.15, 0.2) is 0 Å². The average Bonchev–Trinajstić information content (AvgIpc) is 2.60. The Labute approximate surface area is 154 Å². The topological polar surface area (TPSA) is 9.23 Å². The van der Waals surface area contributed by atoms with Crippen molar-refractivity contribution >= 4 is 0 Å². The third-order valence-corrected chi connectivity index (χ3v) is 4.83. The van der Waals surface area contributed by atoms with Crippen LogP contribution in [0.25, 0.3) is 0 Å². The molecule has 144 valence electrons. The van der Waals surface area contributed by atoms with E-state index in [4.69, 9.17) is 4.74 Å². The number of unbranched alkanes of at least 4 members (excludes halogenated alkanes) is 17. The summed E-state index contributed by atoms with van der Waals surface area (Å²) in [5.74, 6) is 0. The molecule has 0 aliphatic carbocycles. The summed E-state index contributed by atoms with van der Waals surface area (Å²) in [6, 6.07) is 0. The maximum Gasteiger partial charge on any atom is 0.0466 e. The molecule has 0 N–H and O–H groups in total. The van der Waals surface area contributed by atoms with Crippen LogP contribution in [0.5, 0.6) is 0 Å². The third kappa shape index (κ3) is 22.0. The van der Waals surface area contributed by atoms with Crippen molar-refractivity contribution in [1.29, 1.82) is 0 Å². The first kappa shape index (κ1) is 24.0. The first-order valence-corrected chi connectivity index (χ1v) is 11.1. The molecule has 0 spiro atoms. The molecule has 0 amide bonds. The fourth-order valence-corrected chi connectivity index (χ4v) is 3.16. The Morgan fingerprint density at radius 1 is 0.333 bits per heavy atom. The highest BCUT2D eigenvalue weighted by Gasteiger charge is 1.95. The van der Waals surface area contributed by atoms with Crippen LogP contribution in [0.4, 0.5) is 0 Å². The molecule has 0 aliphatic rings. The molecular weight excluding hydrogens is 292 g/mol. The van der Waals surface area contributed by atoms with Gasteiger partial charge in [-0.1, -0.05) is 123 Å². The highest BCUT2D eigenvalue weighted by Crippen LogP contribution is 2.11. The Morgan fingerprint density at radius 2 is 0.583 bits per heavy atom. The lowest BCUT2D eigenvalue weighted by molar-refractivity contribution is 0.125. The van der Waals surface area contributed by atoms with Crippen molar-refractivity contribution < 1.29 is 4.74 Å². The molecule has 0 saturated heterocycles. The van der Waals surface area contributed by atoms with Gasteiger partial charge >= 0.3 is 0 Å². The SMILES string of the molecule is [CH2]CCCCCCCCCCCOCCCCCCCCCC[CH2]. The van der Waals surface area contributed by atoms with Crippen LogP contribution in [0.3, 0.4) is 0 Å². The lowest BCUT2D eigenvalue weighted by Crippen LogP contribution is -1.97. The maximum atomic E-state index is 5.75. The summed E-state index contributed by atoms with van der Waals surface area (Å²) in [7, 11) is 0. The highest BCUT2D eigenvalue weighted by atomic mass is 16.5. The quantitative estimate of drug-likeness (QED) is 0.192. The average molecular weight is 339 g/mol. The molecule has 0 rings (SSSR count). The summed E-state index contributed by atoms with van der Waals surface area (Å²) in [6.45, 7) is 9.74. The second kappa shape index (κ2) is 23.0. The van der Waals surface area contributed by atoms with Gasteiger partial charge in [0.1, 0.15) is 0 Å². The van der Waals surface area contributed by atoms with Gasteiger partial charge in [0.15, 0.2) is 0 Å². The predicted octanol–water partition coefficient (Wildman–Crippen LogP) is 8.08. The zero-order chi connectivity index (χ0) is 17.6. The van der Waals surface area contributed by atoms with Gasteiger partial charge in [-0.3, -0.25) is 0 Å². The molecule has 0 fully saturated rings. The Hall–Kier alpha value is -0.0400. The minimum Gasteiger partial charge on any atom is -0.381 e. The van der Waals surface area contributed by atoms with E-state index in [2.05, 4.69) is 13.8 Å². The first-order valence-electron chi connectivity index (χ1n) is 11.1. The lowest BCUT2D eigenvalue weighted by Gasteiger charge is -2.05. The van der Waals surface area contributed by atoms with Gasteiger partial charge in [-0.05, 0) is 12.8 Å². The fourth-order valence-electron chi connectivity index (χ4n) is 3.16. The van der Waals surface area contributed by atoms with Crippen molar-refractivity contribution in [2.75, 3.05) is 13.2 Å². The van der Waals surface area contributed by atoms with Gasteiger partial charge < -0.3 is 4.74 Å². The van der Waals surface area contributed by atoms with Gasteiger partial charge in [0.2, 0.25) is 0 Å². The monoisotopic (exact) mass is 338 g/mol. The number of rotatable bonds is 21. The first-order chi connectivity index (χ1) is 11.9. The fraction of sp³-hybridized carbons (Fsp3) is 0.913. The minimum atomic E-state index is 0.980. The largest absolute Gasteiger partial charge is 0.381 e. The summed E-state index contributed by atoms with van der Waals surface area (Å²) in [4.78, 5) is 0. The van der Waals surface area contributed by atoms with Gasteiger partial charge in [0.25, 0.3) is 0 Å². The Kier molecular flexibility index (Phi) is 22.9.